The van der Waals surface area contributed by atoms with Crippen LogP contribution >= 0.6 is 0 Å². The van der Waals surface area contributed by atoms with Gasteiger partial charge < -0.3 is 0 Å². The molecule has 0 aromatic heterocycles. The maximum Gasteiger partial charge on any atom is 0.411 e. The summed E-state index contributed by atoms with van der Waals surface area (Å²) in [6.45, 7) is 2.48. The molecule has 9 heavy (non-hydrogen) atoms. The van der Waals surface area contributed by atoms with E-state index in [-0.39, 0.29) is 0 Å². The van der Waals surface area contributed by atoms with Crippen molar-refractivity contribution in [3.8, 4) is 0 Å². The molecule has 0 saturated carbocycles. The number of hydrogen-bond acceptors (Lipinski definition) is 4. The molecule has 1 aliphatic heterocycles. The molecule has 1 heterocycles. The third kappa shape index (κ3) is 0.990. The molecule has 0 saturated heterocycles. The highest BCUT2D eigenvalue weighted by Gasteiger charge is 2.27. The Balaban J connectivity index is 2.53. The molecule has 5 heteroatoms. The van der Waals surface area contributed by atoms with E-state index in [0.717, 1.165) is 6.32 Å². The normalized spacial score (nSPS) is 17.9. The number of rotatable bonds is 1. The average Bonchev–Trinajstić information content (AvgIpc) is 2.12. The molecule has 0 fully saturated rings. The molecule has 0 aromatic rings. The van der Waals surface area contributed by atoms with Crippen LogP contribution in [0.1, 0.15) is 6.92 Å². The van der Waals surface area contributed by atoms with Gasteiger partial charge >= 0.3 is 6.98 Å². The number of nitrogens with zero attached hydrogens (tertiary/aromatic N) is 4. The molecule has 0 N–H and O–H groups in total. The van der Waals surface area contributed by atoms with Crippen LogP contribution in [-0.4, -0.2) is 30.9 Å². The molecular weight excluding hydrogens is 115 g/mol. The third-order valence-corrected chi connectivity index (χ3v) is 1.55. The first-order chi connectivity index (χ1) is 4.25. The van der Waals surface area contributed by atoms with E-state index in [1.54, 1.807) is 0 Å². The summed E-state index contributed by atoms with van der Waals surface area (Å²) in [6, 6.07) is 0. The Morgan fingerprint density at radius 2 is 1.67 bits per heavy atom. The zero-order valence-corrected chi connectivity index (χ0v) is 6.07. The maximum atomic E-state index is 3.85. The van der Waals surface area contributed by atoms with Crippen molar-refractivity contribution in [1.29, 1.82) is 0 Å². The Morgan fingerprint density at radius 1 is 1.22 bits per heavy atom. The van der Waals surface area contributed by atoms with Crippen molar-refractivity contribution < 1.29 is 0 Å². The quantitative estimate of drug-likeness (QED) is 0.483. The lowest BCUT2D eigenvalue weighted by atomic mass is 9.72. The van der Waals surface area contributed by atoms with Gasteiger partial charge in [0.1, 0.15) is 0 Å². The fourth-order valence-electron chi connectivity index (χ4n) is 1.02. The van der Waals surface area contributed by atoms with Gasteiger partial charge in [-0.2, -0.15) is 0 Å². The van der Waals surface area contributed by atoms with Crippen LogP contribution in [0.25, 0.3) is 0 Å². The van der Waals surface area contributed by atoms with Gasteiger partial charge in [-0.15, -0.1) is 0 Å². The van der Waals surface area contributed by atoms with E-state index in [9.17, 15) is 0 Å². The van der Waals surface area contributed by atoms with E-state index < -0.39 is 0 Å². The lowest BCUT2D eigenvalue weighted by Crippen LogP contribution is -2.38. The minimum atomic E-state index is 0.366. The summed E-state index contributed by atoms with van der Waals surface area (Å²) in [6.07, 6.45) is 1.06. The Labute approximate surface area is 55.6 Å². The standard InChI is InChI=1S/C4H11BN4/c1-4-5-8(2)6-7-9(5)3/h4H2,1-3H3. The average molecular weight is 126 g/mol. The zero-order valence-electron chi connectivity index (χ0n) is 6.07. The fourth-order valence-corrected chi connectivity index (χ4v) is 1.02. The van der Waals surface area contributed by atoms with Crippen LogP contribution < -0.4 is 0 Å². The topological polar surface area (TPSA) is 31.2 Å². The molecule has 0 spiro atoms. The summed E-state index contributed by atoms with van der Waals surface area (Å²) in [5.74, 6) is 0. The lowest BCUT2D eigenvalue weighted by Gasteiger charge is -2.15. The summed E-state index contributed by atoms with van der Waals surface area (Å²) in [5.41, 5.74) is 0. The van der Waals surface area contributed by atoms with Gasteiger partial charge in [0.05, 0.1) is 0 Å². The van der Waals surface area contributed by atoms with Gasteiger partial charge in [-0.3, -0.25) is 9.84 Å². The Kier molecular flexibility index (Phi) is 1.59. The van der Waals surface area contributed by atoms with Crippen LogP contribution in [-0.2, 0) is 0 Å². The molecule has 0 radical (unpaired) electrons. The molecule has 4 nitrogen and oxygen atoms in total. The molecule has 1 aliphatic rings. The molecule has 0 atom stereocenters. The Hall–Kier alpha value is -0.735. The van der Waals surface area contributed by atoms with Crippen LogP contribution in [0.3, 0.4) is 0 Å². The molecule has 50 valence electrons. The highest BCUT2D eigenvalue weighted by molar-refractivity contribution is 6.52. The maximum absolute atomic E-state index is 3.85. The first-order valence-electron chi connectivity index (χ1n) is 3.13. The number of hydrogen-bond donors (Lipinski definition) is 0. The van der Waals surface area contributed by atoms with Crippen molar-refractivity contribution in [3.05, 3.63) is 0 Å². The van der Waals surface area contributed by atoms with Crippen molar-refractivity contribution in [3.63, 3.8) is 0 Å². The first-order valence-corrected chi connectivity index (χ1v) is 3.13. The van der Waals surface area contributed by atoms with Gasteiger partial charge in [0.15, 0.2) is 0 Å². The second kappa shape index (κ2) is 2.25. The second-order valence-corrected chi connectivity index (χ2v) is 2.22. The zero-order chi connectivity index (χ0) is 6.85. The highest BCUT2D eigenvalue weighted by atomic mass is 15.7. The van der Waals surface area contributed by atoms with E-state index >= 15 is 0 Å². The summed E-state index contributed by atoms with van der Waals surface area (Å²) in [7, 11) is 3.86. The van der Waals surface area contributed by atoms with Crippen molar-refractivity contribution in [1.82, 2.24) is 9.84 Å². The third-order valence-electron chi connectivity index (χ3n) is 1.55. The monoisotopic (exact) mass is 126 g/mol. The van der Waals surface area contributed by atoms with Gasteiger partial charge in [0.2, 0.25) is 0 Å². The van der Waals surface area contributed by atoms with E-state index in [4.69, 9.17) is 0 Å². The predicted molar refractivity (Wildman–Crippen MR) is 36.6 cm³/mol. The molecular formula is C4H11BN4. The smallest absolute Gasteiger partial charge is 0.298 e. The largest absolute Gasteiger partial charge is 0.411 e. The SMILES string of the molecule is CCB1N(C)N=NN1C. The highest BCUT2D eigenvalue weighted by Crippen LogP contribution is 2.10. The summed E-state index contributed by atoms with van der Waals surface area (Å²) in [4.78, 5) is 3.72. The molecule has 0 amide bonds. The van der Waals surface area contributed by atoms with E-state index in [0.29, 0.717) is 6.98 Å². The van der Waals surface area contributed by atoms with Crippen LogP contribution in [0.2, 0.25) is 6.32 Å². The minimum absolute atomic E-state index is 0.366. The van der Waals surface area contributed by atoms with Gasteiger partial charge in [0, 0.05) is 14.1 Å². The van der Waals surface area contributed by atoms with E-state index in [1.165, 1.54) is 0 Å². The van der Waals surface area contributed by atoms with Gasteiger partial charge in [-0.25, -0.2) is 0 Å². The van der Waals surface area contributed by atoms with Crippen molar-refractivity contribution in [2.24, 2.45) is 10.4 Å². The molecule has 0 unspecified atom stereocenters. The summed E-state index contributed by atoms with van der Waals surface area (Å²) in [5, 5.41) is 7.71. The molecule has 0 aromatic carbocycles. The van der Waals surface area contributed by atoms with Crippen molar-refractivity contribution in [2.75, 3.05) is 14.1 Å². The van der Waals surface area contributed by atoms with Crippen LogP contribution in [0.15, 0.2) is 10.4 Å². The molecule has 1 rings (SSSR count). The van der Waals surface area contributed by atoms with Gasteiger partial charge in [0.25, 0.3) is 0 Å². The molecule has 0 aliphatic carbocycles. The van der Waals surface area contributed by atoms with Crippen molar-refractivity contribution in [2.45, 2.75) is 13.2 Å². The second-order valence-electron chi connectivity index (χ2n) is 2.22. The van der Waals surface area contributed by atoms with Crippen LogP contribution in [0.5, 0.6) is 0 Å². The van der Waals surface area contributed by atoms with Gasteiger partial charge in [-0.1, -0.05) is 17.4 Å². The Morgan fingerprint density at radius 3 is 1.89 bits per heavy atom. The minimum Gasteiger partial charge on any atom is -0.298 e. The van der Waals surface area contributed by atoms with E-state index in [1.807, 2.05) is 23.9 Å². The summed E-state index contributed by atoms with van der Waals surface area (Å²) < 4.78 is 0. The Bertz CT molecular complexity index is 114. The van der Waals surface area contributed by atoms with E-state index in [2.05, 4.69) is 17.4 Å². The fraction of sp³-hybridized carbons (Fsp3) is 1.00. The lowest BCUT2D eigenvalue weighted by molar-refractivity contribution is 0.541. The van der Waals surface area contributed by atoms with Gasteiger partial charge in [-0.05, 0) is 6.32 Å². The van der Waals surface area contributed by atoms with Crippen LogP contribution in [0, 0.1) is 0 Å². The first kappa shape index (κ1) is 6.39. The van der Waals surface area contributed by atoms with Crippen LogP contribution in [0.4, 0.5) is 0 Å². The summed E-state index contributed by atoms with van der Waals surface area (Å²) >= 11 is 0. The van der Waals surface area contributed by atoms with Crippen molar-refractivity contribution >= 4 is 6.98 Å². The predicted octanol–water partition coefficient (Wildman–Crippen LogP) is 0.654. The molecule has 0 bridgehead atoms.